The molecule has 3 aromatic carbocycles. The highest BCUT2D eigenvalue weighted by atomic mass is 79.9. The summed E-state index contributed by atoms with van der Waals surface area (Å²) in [6.45, 7) is 4.17. The van der Waals surface area contributed by atoms with Crippen molar-refractivity contribution in [1.82, 2.24) is 10.7 Å². The quantitative estimate of drug-likeness (QED) is 0.273. The van der Waals surface area contributed by atoms with Crippen LogP contribution in [0, 0.1) is 5.92 Å². The molecule has 0 saturated heterocycles. The lowest BCUT2D eigenvalue weighted by Gasteiger charge is -2.20. The van der Waals surface area contributed by atoms with E-state index in [1.807, 2.05) is 62.4 Å². The molecule has 34 heavy (non-hydrogen) atoms. The summed E-state index contributed by atoms with van der Waals surface area (Å²) in [6.07, 6.45) is 1.54. The summed E-state index contributed by atoms with van der Waals surface area (Å²) < 4.78 is 6.81. The molecule has 2 N–H and O–H groups in total. The lowest BCUT2D eigenvalue weighted by molar-refractivity contribution is -0.123. The molecule has 3 aromatic rings. The van der Waals surface area contributed by atoms with E-state index in [0.717, 1.165) is 21.3 Å². The molecule has 0 aliphatic carbocycles. The first-order valence-corrected chi connectivity index (χ1v) is 11.9. The minimum absolute atomic E-state index is 0.131. The maximum absolute atomic E-state index is 12.6. The molecular weight excluding hydrogens is 518 g/mol. The van der Waals surface area contributed by atoms with Crippen LogP contribution in [0.1, 0.15) is 35.3 Å². The van der Waals surface area contributed by atoms with Gasteiger partial charge in [-0.1, -0.05) is 53.5 Å². The molecule has 0 bridgehead atoms. The fraction of sp³-hybridized carbons (Fsp3) is 0.192. The summed E-state index contributed by atoms with van der Waals surface area (Å²) in [5.74, 6) is -0.154. The second kappa shape index (κ2) is 12.3. The van der Waals surface area contributed by atoms with Crippen molar-refractivity contribution in [3.8, 4) is 5.75 Å². The molecule has 1 unspecified atom stereocenters. The van der Waals surface area contributed by atoms with Crippen molar-refractivity contribution in [3.63, 3.8) is 0 Å². The van der Waals surface area contributed by atoms with E-state index in [2.05, 4.69) is 31.8 Å². The summed E-state index contributed by atoms with van der Waals surface area (Å²) in [4.78, 5) is 25.1. The Morgan fingerprint density at radius 1 is 1.00 bits per heavy atom. The topological polar surface area (TPSA) is 79.8 Å². The maximum atomic E-state index is 12.6. The molecule has 0 aliphatic rings. The molecule has 1 atom stereocenters. The number of hydrazone groups is 1. The molecule has 3 rings (SSSR count). The fourth-order valence-corrected chi connectivity index (χ4v) is 3.39. The lowest BCUT2D eigenvalue weighted by atomic mass is 10.0. The third-order valence-electron chi connectivity index (χ3n) is 4.93. The van der Waals surface area contributed by atoms with Crippen LogP contribution in [-0.2, 0) is 11.4 Å². The average molecular weight is 543 g/mol. The molecule has 0 saturated carbocycles. The zero-order valence-electron chi connectivity index (χ0n) is 18.8. The number of amides is 2. The van der Waals surface area contributed by atoms with Gasteiger partial charge in [-0.3, -0.25) is 9.59 Å². The fourth-order valence-electron chi connectivity index (χ4n) is 3.00. The Morgan fingerprint density at radius 2 is 1.65 bits per heavy atom. The number of rotatable bonds is 9. The van der Waals surface area contributed by atoms with Gasteiger partial charge in [0, 0.05) is 15.1 Å². The van der Waals surface area contributed by atoms with Crippen molar-refractivity contribution < 1.29 is 14.3 Å². The van der Waals surface area contributed by atoms with E-state index in [0.29, 0.717) is 17.2 Å². The SMILES string of the molecule is CC(C)C(NC(=O)c1ccc(Cl)cc1)C(=O)N/N=C/c1ccc(OCc2ccc(Br)cc2)cc1. The Bertz CT molecular complexity index is 1130. The van der Waals surface area contributed by atoms with Crippen LogP contribution in [0.4, 0.5) is 0 Å². The minimum Gasteiger partial charge on any atom is -0.489 e. The molecule has 6 nitrogen and oxygen atoms in total. The number of ether oxygens (including phenoxy) is 1. The first-order chi connectivity index (χ1) is 16.3. The molecule has 0 aliphatic heterocycles. The van der Waals surface area contributed by atoms with Crippen LogP contribution in [0.2, 0.25) is 5.02 Å². The lowest BCUT2D eigenvalue weighted by Crippen LogP contribution is -2.48. The van der Waals surface area contributed by atoms with E-state index in [1.54, 1.807) is 24.3 Å². The molecule has 0 radical (unpaired) electrons. The maximum Gasteiger partial charge on any atom is 0.262 e. The summed E-state index contributed by atoms with van der Waals surface area (Å²) in [5, 5.41) is 7.32. The number of hydrogen-bond donors (Lipinski definition) is 2. The minimum atomic E-state index is -0.741. The van der Waals surface area contributed by atoms with Crippen LogP contribution in [0.5, 0.6) is 5.75 Å². The second-order valence-electron chi connectivity index (χ2n) is 7.92. The molecule has 2 amide bonds. The van der Waals surface area contributed by atoms with E-state index < -0.39 is 11.9 Å². The van der Waals surface area contributed by atoms with Crippen molar-refractivity contribution in [2.75, 3.05) is 0 Å². The number of benzene rings is 3. The van der Waals surface area contributed by atoms with Gasteiger partial charge in [-0.15, -0.1) is 0 Å². The van der Waals surface area contributed by atoms with Crippen molar-refractivity contribution in [1.29, 1.82) is 0 Å². The van der Waals surface area contributed by atoms with Crippen LogP contribution in [0.25, 0.3) is 0 Å². The smallest absolute Gasteiger partial charge is 0.262 e. The van der Waals surface area contributed by atoms with Crippen LogP contribution in [-0.4, -0.2) is 24.1 Å². The van der Waals surface area contributed by atoms with Crippen LogP contribution in [0.15, 0.2) is 82.4 Å². The number of carbonyl (C=O) groups excluding carboxylic acids is 2. The Morgan fingerprint density at radius 3 is 2.26 bits per heavy atom. The zero-order valence-corrected chi connectivity index (χ0v) is 21.1. The summed E-state index contributed by atoms with van der Waals surface area (Å²) in [7, 11) is 0. The predicted octanol–water partition coefficient (Wildman–Crippen LogP) is 5.59. The highest BCUT2D eigenvalue weighted by molar-refractivity contribution is 9.10. The van der Waals surface area contributed by atoms with E-state index in [4.69, 9.17) is 16.3 Å². The Labute approximate surface area is 212 Å². The number of carbonyl (C=O) groups is 2. The van der Waals surface area contributed by atoms with E-state index in [9.17, 15) is 9.59 Å². The summed E-state index contributed by atoms with van der Waals surface area (Å²) in [5.41, 5.74) is 4.79. The van der Waals surface area contributed by atoms with Crippen LogP contribution >= 0.6 is 27.5 Å². The monoisotopic (exact) mass is 541 g/mol. The third-order valence-corrected chi connectivity index (χ3v) is 5.71. The number of nitrogens with one attached hydrogen (secondary N) is 2. The standard InChI is InChI=1S/C26H25BrClN3O3/c1-17(2)24(30-25(32)20-7-11-22(28)12-8-20)26(33)31-29-15-18-5-13-23(14-6-18)34-16-19-3-9-21(27)10-4-19/h3-15,17,24H,16H2,1-2H3,(H,30,32)(H,31,33)/b29-15+. The van der Waals surface area contributed by atoms with Gasteiger partial charge in [0.2, 0.25) is 0 Å². The first kappa shape index (κ1) is 25.5. The normalized spacial score (nSPS) is 11.9. The van der Waals surface area contributed by atoms with Crippen LogP contribution < -0.4 is 15.5 Å². The number of halogens is 2. The Kier molecular flexibility index (Phi) is 9.24. The Balaban J connectivity index is 1.52. The van der Waals surface area contributed by atoms with Gasteiger partial charge in [-0.2, -0.15) is 5.10 Å². The van der Waals surface area contributed by atoms with Crippen molar-refractivity contribution in [2.24, 2.45) is 11.0 Å². The Hall–Kier alpha value is -3.16. The summed E-state index contributed by atoms with van der Waals surface area (Å²) in [6, 6.07) is 21.0. The molecule has 176 valence electrons. The van der Waals surface area contributed by atoms with Gasteiger partial charge in [0.05, 0.1) is 6.21 Å². The van der Waals surface area contributed by atoms with E-state index in [1.165, 1.54) is 6.21 Å². The molecule has 0 spiro atoms. The average Bonchev–Trinajstić information content (AvgIpc) is 2.83. The molecule has 0 heterocycles. The summed E-state index contributed by atoms with van der Waals surface area (Å²) >= 11 is 9.28. The molecular formula is C26H25BrClN3O3. The van der Waals surface area contributed by atoms with E-state index in [-0.39, 0.29) is 11.8 Å². The predicted molar refractivity (Wildman–Crippen MR) is 138 cm³/mol. The van der Waals surface area contributed by atoms with Crippen molar-refractivity contribution in [3.05, 3.63) is 99.0 Å². The largest absolute Gasteiger partial charge is 0.489 e. The third kappa shape index (κ3) is 7.71. The van der Waals surface area contributed by atoms with Gasteiger partial charge >= 0.3 is 0 Å². The van der Waals surface area contributed by atoms with Crippen molar-refractivity contribution in [2.45, 2.75) is 26.5 Å². The van der Waals surface area contributed by atoms with Crippen molar-refractivity contribution >= 4 is 45.6 Å². The molecule has 0 aromatic heterocycles. The first-order valence-electron chi connectivity index (χ1n) is 10.7. The van der Waals surface area contributed by atoms with Gasteiger partial charge in [0.25, 0.3) is 11.8 Å². The van der Waals surface area contributed by atoms with E-state index >= 15 is 0 Å². The highest BCUT2D eigenvalue weighted by Gasteiger charge is 2.24. The molecule has 8 heteroatoms. The van der Waals surface area contributed by atoms with Gasteiger partial charge < -0.3 is 10.1 Å². The van der Waals surface area contributed by atoms with Crippen LogP contribution in [0.3, 0.4) is 0 Å². The van der Waals surface area contributed by atoms with Gasteiger partial charge in [0.15, 0.2) is 0 Å². The zero-order chi connectivity index (χ0) is 24.5. The van der Waals surface area contributed by atoms with Gasteiger partial charge in [-0.05, 0) is 77.7 Å². The second-order valence-corrected chi connectivity index (χ2v) is 9.27. The number of hydrogen-bond acceptors (Lipinski definition) is 4. The number of nitrogens with zero attached hydrogens (tertiary/aromatic N) is 1. The highest BCUT2D eigenvalue weighted by Crippen LogP contribution is 2.16. The molecule has 0 fully saturated rings. The van der Waals surface area contributed by atoms with Gasteiger partial charge in [0.1, 0.15) is 18.4 Å². The van der Waals surface area contributed by atoms with Gasteiger partial charge in [-0.25, -0.2) is 5.43 Å².